The zero-order valence-electron chi connectivity index (χ0n) is 19.5. The van der Waals surface area contributed by atoms with Gasteiger partial charge in [0.1, 0.15) is 5.75 Å². The molecule has 2 atom stereocenters. The number of nitrogens with one attached hydrogen (secondary N) is 1. The predicted molar refractivity (Wildman–Crippen MR) is 133 cm³/mol. The van der Waals surface area contributed by atoms with Crippen molar-refractivity contribution in [3.8, 4) is 5.75 Å². The van der Waals surface area contributed by atoms with E-state index in [1.54, 1.807) is 12.4 Å². The molecular formula is C27H30N4O4. The molecule has 3 aromatic rings. The fraction of sp³-hybridized carbons (Fsp3) is 0.370. The van der Waals surface area contributed by atoms with E-state index >= 15 is 0 Å². The summed E-state index contributed by atoms with van der Waals surface area (Å²) in [6.07, 6.45) is 6.00. The largest absolute Gasteiger partial charge is 0.465 e. The number of ether oxygens (including phenoxy) is 1. The summed E-state index contributed by atoms with van der Waals surface area (Å²) >= 11 is 0. The fourth-order valence-electron chi connectivity index (χ4n) is 5.00. The summed E-state index contributed by atoms with van der Waals surface area (Å²) in [5.74, 6) is 0.175. The maximum Gasteiger partial charge on any atom is 0.326 e. The van der Waals surface area contributed by atoms with Crippen LogP contribution in [-0.4, -0.2) is 52.5 Å². The van der Waals surface area contributed by atoms with E-state index in [1.165, 1.54) is 4.90 Å². The molecule has 2 heterocycles. The average Bonchev–Trinajstić information content (AvgIpc) is 2.91. The van der Waals surface area contributed by atoms with Gasteiger partial charge in [0.15, 0.2) is 6.23 Å². The Bertz CT molecular complexity index is 1180. The fourth-order valence-corrected chi connectivity index (χ4v) is 5.00. The number of nitrogens with zero attached hydrogens (tertiary/aromatic N) is 3. The zero-order valence-corrected chi connectivity index (χ0v) is 19.5. The first-order chi connectivity index (χ1) is 17.1. The SMILES string of the molecule is O=C(NC(=O)N1CCN(c2ccccc2)C(Oc2cccc3cnccc23)C1O)C1CCCCC1. The van der Waals surface area contributed by atoms with Gasteiger partial charge in [-0.25, -0.2) is 4.79 Å². The Kier molecular flexibility index (Phi) is 6.81. The van der Waals surface area contributed by atoms with Gasteiger partial charge in [-0.05, 0) is 37.1 Å². The molecule has 0 bridgehead atoms. The van der Waals surface area contributed by atoms with Crippen LogP contribution in [0, 0.1) is 5.92 Å². The molecule has 0 radical (unpaired) electrons. The highest BCUT2D eigenvalue weighted by atomic mass is 16.5. The number of benzene rings is 2. The molecule has 8 heteroatoms. The number of hydrogen-bond acceptors (Lipinski definition) is 6. The molecule has 2 fully saturated rings. The highest BCUT2D eigenvalue weighted by molar-refractivity contribution is 5.95. The van der Waals surface area contributed by atoms with Gasteiger partial charge < -0.3 is 14.7 Å². The number of aromatic nitrogens is 1. The van der Waals surface area contributed by atoms with Crippen molar-refractivity contribution in [1.82, 2.24) is 15.2 Å². The summed E-state index contributed by atoms with van der Waals surface area (Å²) in [4.78, 5) is 33.1. The summed E-state index contributed by atoms with van der Waals surface area (Å²) in [5.41, 5.74) is 0.872. The Morgan fingerprint density at radius 2 is 1.77 bits per heavy atom. The Balaban J connectivity index is 1.40. The lowest BCUT2D eigenvalue weighted by molar-refractivity contribution is -0.125. The quantitative estimate of drug-likeness (QED) is 0.596. The summed E-state index contributed by atoms with van der Waals surface area (Å²) in [5, 5.41) is 15.7. The third-order valence-corrected chi connectivity index (χ3v) is 6.91. The highest BCUT2D eigenvalue weighted by Gasteiger charge is 2.40. The number of pyridine rings is 1. The standard InChI is InChI=1S/C27H30N4O4/c32-24(19-8-3-1-4-9-19)29-27(34)31-17-16-30(21-11-5-2-6-12-21)26(25(31)33)35-23-13-7-10-20-18-28-15-14-22(20)23/h2,5-7,10-15,18-19,25-26,33H,1,3-4,8-9,16-17H2,(H,29,32,34). The summed E-state index contributed by atoms with van der Waals surface area (Å²) in [7, 11) is 0. The summed E-state index contributed by atoms with van der Waals surface area (Å²) < 4.78 is 6.39. The Morgan fingerprint density at radius 1 is 0.971 bits per heavy atom. The number of para-hydroxylation sites is 1. The van der Waals surface area contributed by atoms with Crippen molar-refractivity contribution in [2.24, 2.45) is 5.92 Å². The Morgan fingerprint density at radius 3 is 2.57 bits per heavy atom. The molecule has 2 N–H and O–H groups in total. The third-order valence-electron chi connectivity index (χ3n) is 6.91. The van der Waals surface area contributed by atoms with Crippen molar-refractivity contribution in [2.75, 3.05) is 18.0 Å². The predicted octanol–water partition coefficient (Wildman–Crippen LogP) is 3.90. The molecule has 1 aromatic heterocycles. The smallest absolute Gasteiger partial charge is 0.326 e. The van der Waals surface area contributed by atoms with E-state index < -0.39 is 18.5 Å². The number of hydrogen-bond donors (Lipinski definition) is 2. The molecule has 2 aliphatic rings. The van der Waals surface area contributed by atoms with Crippen LogP contribution in [0.3, 0.4) is 0 Å². The number of anilines is 1. The van der Waals surface area contributed by atoms with Crippen LogP contribution in [0.1, 0.15) is 32.1 Å². The van der Waals surface area contributed by atoms with E-state index in [-0.39, 0.29) is 18.4 Å². The van der Waals surface area contributed by atoms with Crippen molar-refractivity contribution in [3.05, 3.63) is 67.0 Å². The Labute approximate surface area is 204 Å². The number of aliphatic hydroxyl groups excluding tert-OH is 1. The van der Waals surface area contributed by atoms with E-state index in [9.17, 15) is 14.7 Å². The van der Waals surface area contributed by atoms with Crippen LogP contribution in [0.4, 0.5) is 10.5 Å². The van der Waals surface area contributed by atoms with Gasteiger partial charge >= 0.3 is 6.03 Å². The number of urea groups is 1. The van der Waals surface area contributed by atoms with Gasteiger partial charge in [0.2, 0.25) is 12.1 Å². The number of fused-ring (bicyclic) bond motifs is 1. The van der Waals surface area contributed by atoms with Crippen molar-refractivity contribution in [3.63, 3.8) is 0 Å². The van der Waals surface area contributed by atoms with Gasteiger partial charge in [-0.1, -0.05) is 49.6 Å². The van der Waals surface area contributed by atoms with Gasteiger partial charge in [-0.15, -0.1) is 0 Å². The van der Waals surface area contributed by atoms with Crippen molar-refractivity contribution < 1.29 is 19.4 Å². The molecule has 1 aliphatic heterocycles. The van der Waals surface area contributed by atoms with Crippen LogP contribution in [-0.2, 0) is 4.79 Å². The van der Waals surface area contributed by atoms with Crippen molar-refractivity contribution >= 4 is 28.4 Å². The molecule has 2 aromatic carbocycles. The lowest BCUT2D eigenvalue weighted by atomic mass is 9.89. The number of amides is 3. The van der Waals surface area contributed by atoms with Gasteiger partial charge in [-0.2, -0.15) is 0 Å². The van der Waals surface area contributed by atoms with Crippen LogP contribution in [0.2, 0.25) is 0 Å². The number of imide groups is 1. The van der Waals surface area contributed by atoms with Gasteiger partial charge in [0.25, 0.3) is 0 Å². The first kappa shape index (κ1) is 23.1. The lowest BCUT2D eigenvalue weighted by Crippen LogP contribution is -2.65. The van der Waals surface area contributed by atoms with E-state index in [2.05, 4.69) is 10.3 Å². The van der Waals surface area contributed by atoms with Crippen LogP contribution in [0.25, 0.3) is 10.8 Å². The molecule has 35 heavy (non-hydrogen) atoms. The van der Waals surface area contributed by atoms with E-state index in [4.69, 9.17) is 4.74 Å². The molecule has 3 amide bonds. The molecule has 1 saturated heterocycles. The van der Waals surface area contributed by atoms with Crippen molar-refractivity contribution in [1.29, 1.82) is 0 Å². The normalized spacial score (nSPS) is 21.1. The first-order valence-electron chi connectivity index (χ1n) is 12.2. The van der Waals surface area contributed by atoms with Crippen molar-refractivity contribution in [2.45, 2.75) is 44.6 Å². The molecule has 182 valence electrons. The molecular weight excluding hydrogens is 444 g/mol. The molecule has 1 saturated carbocycles. The second-order valence-electron chi connectivity index (χ2n) is 9.13. The molecule has 8 nitrogen and oxygen atoms in total. The summed E-state index contributed by atoms with van der Waals surface area (Å²) in [6.45, 7) is 0.683. The molecule has 0 spiro atoms. The van der Waals surface area contributed by atoms with Gasteiger partial charge in [0.05, 0.1) is 0 Å². The number of carbonyl (C=O) groups is 2. The second kappa shape index (κ2) is 10.3. The van der Waals surface area contributed by atoms with Gasteiger partial charge in [-0.3, -0.25) is 20.0 Å². The Hall–Kier alpha value is -3.65. The van der Waals surface area contributed by atoms with Gasteiger partial charge in [0, 0.05) is 47.9 Å². The molecule has 1 aliphatic carbocycles. The minimum atomic E-state index is -1.29. The number of piperazine rings is 1. The van der Waals surface area contributed by atoms with Crippen LogP contribution in [0.15, 0.2) is 67.0 Å². The number of rotatable bonds is 4. The van der Waals surface area contributed by atoms with Crippen LogP contribution >= 0.6 is 0 Å². The zero-order chi connectivity index (χ0) is 24.2. The van der Waals surface area contributed by atoms with Crippen LogP contribution in [0.5, 0.6) is 5.75 Å². The number of aliphatic hydroxyl groups is 1. The highest BCUT2D eigenvalue weighted by Crippen LogP contribution is 2.31. The lowest BCUT2D eigenvalue weighted by Gasteiger charge is -2.45. The average molecular weight is 475 g/mol. The maximum absolute atomic E-state index is 13.1. The molecule has 2 unspecified atom stereocenters. The summed E-state index contributed by atoms with van der Waals surface area (Å²) in [6, 6.07) is 16.6. The second-order valence-corrected chi connectivity index (χ2v) is 9.13. The van der Waals surface area contributed by atoms with E-state index in [1.807, 2.05) is 59.5 Å². The van der Waals surface area contributed by atoms with Crippen LogP contribution < -0.4 is 15.0 Å². The maximum atomic E-state index is 13.1. The molecule has 5 rings (SSSR count). The minimum absolute atomic E-state index is 0.146. The van der Waals surface area contributed by atoms with E-state index in [0.29, 0.717) is 12.3 Å². The third kappa shape index (κ3) is 4.93. The number of carbonyl (C=O) groups excluding carboxylic acids is 2. The first-order valence-corrected chi connectivity index (χ1v) is 12.2. The minimum Gasteiger partial charge on any atom is -0.465 e. The topological polar surface area (TPSA) is 95.0 Å². The van der Waals surface area contributed by atoms with E-state index in [0.717, 1.165) is 48.6 Å². The monoisotopic (exact) mass is 474 g/mol.